The Labute approximate surface area is 139 Å². The number of hydrogen-bond donors (Lipinski definition) is 3. The summed E-state index contributed by atoms with van der Waals surface area (Å²) in [5.41, 5.74) is 7.45. The molecule has 0 fully saturated rings. The first-order valence-corrected chi connectivity index (χ1v) is 7.30. The Bertz CT molecular complexity index is 808. The number of esters is 1. The fraction of sp³-hybridized carbons (Fsp3) is 0.235. The zero-order valence-corrected chi connectivity index (χ0v) is 13.9. The monoisotopic (exact) mass is 329 g/mol. The molecular formula is C17H19N3O4. The fourth-order valence-corrected chi connectivity index (χ4v) is 2.46. The first kappa shape index (κ1) is 17.3. The molecule has 2 aromatic rings. The smallest absolute Gasteiger partial charge is 0.339 e. The van der Waals surface area contributed by atoms with E-state index in [9.17, 15) is 14.4 Å². The third-order valence-corrected chi connectivity index (χ3v) is 3.73. The summed E-state index contributed by atoms with van der Waals surface area (Å²) in [4.78, 5) is 38.9. The van der Waals surface area contributed by atoms with Crippen LogP contribution in [0.5, 0.6) is 0 Å². The van der Waals surface area contributed by atoms with Crippen LogP contribution in [0.4, 0.5) is 0 Å². The van der Waals surface area contributed by atoms with Crippen molar-refractivity contribution in [1.29, 1.82) is 0 Å². The lowest BCUT2D eigenvalue weighted by molar-refractivity contribution is 0.0599. The zero-order chi connectivity index (χ0) is 17.9. The Morgan fingerprint density at radius 2 is 1.62 bits per heavy atom. The van der Waals surface area contributed by atoms with Gasteiger partial charge in [-0.1, -0.05) is 18.2 Å². The van der Waals surface area contributed by atoms with Crippen molar-refractivity contribution in [3.8, 4) is 0 Å². The molecule has 1 aromatic heterocycles. The second kappa shape index (κ2) is 6.99. The first-order valence-electron chi connectivity index (χ1n) is 7.30. The Morgan fingerprint density at radius 3 is 2.25 bits per heavy atom. The third kappa shape index (κ3) is 3.29. The Balaban J connectivity index is 2.13. The quantitative estimate of drug-likeness (QED) is 0.590. The predicted octanol–water partition coefficient (Wildman–Crippen LogP) is 1.80. The molecular weight excluding hydrogens is 310 g/mol. The number of aromatic nitrogens is 1. The minimum Gasteiger partial charge on any atom is -0.465 e. The van der Waals surface area contributed by atoms with E-state index < -0.39 is 17.8 Å². The van der Waals surface area contributed by atoms with Crippen LogP contribution in [0.2, 0.25) is 0 Å². The number of ether oxygens (including phenoxy) is 1. The van der Waals surface area contributed by atoms with E-state index in [0.29, 0.717) is 22.4 Å². The number of benzene rings is 1. The van der Waals surface area contributed by atoms with Crippen molar-refractivity contribution in [2.45, 2.75) is 20.8 Å². The van der Waals surface area contributed by atoms with Gasteiger partial charge in [-0.3, -0.25) is 20.4 Å². The number of aryl methyl sites for hydroxylation is 2. The van der Waals surface area contributed by atoms with Crippen LogP contribution in [0.25, 0.3) is 0 Å². The van der Waals surface area contributed by atoms with Crippen LogP contribution in [0.15, 0.2) is 24.3 Å². The lowest BCUT2D eigenvalue weighted by Gasteiger charge is -2.09. The minimum absolute atomic E-state index is 0.193. The molecule has 1 aromatic carbocycles. The van der Waals surface area contributed by atoms with E-state index in [4.69, 9.17) is 4.74 Å². The molecule has 2 amide bonds. The van der Waals surface area contributed by atoms with Crippen molar-refractivity contribution < 1.29 is 19.1 Å². The van der Waals surface area contributed by atoms with Crippen molar-refractivity contribution >= 4 is 17.8 Å². The second-order valence-corrected chi connectivity index (χ2v) is 5.34. The number of carbonyl (C=O) groups is 3. The topological polar surface area (TPSA) is 100 Å². The van der Waals surface area contributed by atoms with Gasteiger partial charge < -0.3 is 9.72 Å². The molecule has 0 aliphatic rings. The average molecular weight is 329 g/mol. The summed E-state index contributed by atoms with van der Waals surface area (Å²) >= 11 is 0. The van der Waals surface area contributed by atoms with E-state index in [1.165, 1.54) is 7.11 Å². The molecule has 0 aliphatic heterocycles. The molecule has 126 valence electrons. The van der Waals surface area contributed by atoms with Crippen LogP contribution < -0.4 is 10.9 Å². The summed E-state index contributed by atoms with van der Waals surface area (Å²) in [5, 5.41) is 0. The molecule has 7 nitrogen and oxygen atoms in total. The van der Waals surface area contributed by atoms with Gasteiger partial charge in [0.1, 0.15) is 5.69 Å². The molecule has 3 N–H and O–H groups in total. The van der Waals surface area contributed by atoms with Gasteiger partial charge in [0.2, 0.25) is 0 Å². The number of nitrogens with one attached hydrogen (secondary N) is 3. The maximum atomic E-state index is 12.3. The molecule has 0 atom stereocenters. The molecule has 0 saturated carbocycles. The number of H-pyrrole nitrogens is 1. The van der Waals surface area contributed by atoms with Crippen molar-refractivity contribution in [1.82, 2.24) is 15.8 Å². The molecule has 7 heteroatoms. The molecule has 0 radical (unpaired) electrons. The summed E-state index contributed by atoms with van der Waals surface area (Å²) in [7, 11) is 1.27. The fourth-order valence-electron chi connectivity index (χ4n) is 2.46. The van der Waals surface area contributed by atoms with Gasteiger partial charge in [-0.05, 0) is 38.0 Å². The van der Waals surface area contributed by atoms with Gasteiger partial charge in [-0.25, -0.2) is 4.79 Å². The van der Waals surface area contributed by atoms with Gasteiger partial charge in [0, 0.05) is 11.3 Å². The molecule has 0 saturated heterocycles. The van der Waals surface area contributed by atoms with E-state index in [0.717, 1.165) is 5.56 Å². The molecule has 24 heavy (non-hydrogen) atoms. The maximum absolute atomic E-state index is 12.3. The van der Waals surface area contributed by atoms with Gasteiger partial charge in [0.15, 0.2) is 0 Å². The normalized spacial score (nSPS) is 10.2. The zero-order valence-electron chi connectivity index (χ0n) is 13.9. The van der Waals surface area contributed by atoms with Crippen molar-refractivity contribution in [3.05, 3.63) is 57.9 Å². The summed E-state index contributed by atoms with van der Waals surface area (Å²) in [6, 6.07) is 7.03. The van der Waals surface area contributed by atoms with Crippen LogP contribution in [-0.4, -0.2) is 29.9 Å². The highest BCUT2D eigenvalue weighted by atomic mass is 16.5. The Morgan fingerprint density at radius 1 is 1.00 bits per heavy atom. The van der Waals surface area contributed by atoms with E-state index >= 15 is 0 Å². The molecule has 2 rings (SSSR count). The third-order valence-electron chi connectivity index (χ3n) is 3.73. The van der Waals surface area contributed by atoms with Crippen molar-refractivity contribution in [3.63, 3.8) is 0 Å². The second-order valence-electron chi connectivity index (χ2n) is 5.34. The van der Waals surface area contributed by atoms with Gasteiger partial charge >= 0.3 is 5.97 Å². The van der Waals surface area contributed by atoms with Crippen molar-refractivity contribution in [2.24, 2.45) is 0 Å². The standard InChI is InChI=1S/C17H19N3O4/c1-9-7-5-6-8-12(9)15(21)19-20-16(22)14-10(2)13(11(3)18-14)17(23)24-4/h5-8,18H,1-4H3,(H,19,21)(H,20,22). The molecule has 0 bridgehead atoms. The highest BCUT2D eigenvalue weighted by molar-refractivity contribution is 6.02. The number of hydrazine groups is 1. The summed E-state index contributed by atoms with van der Waals surface area (Å²) in [6.07, 6.45) is 0. The highest BCUT2D eigenvalue weighted by Gasteiger charge is 2.22. The first-order chi connectivity index (χ1) is 11.4. The Kier molecular flexibility index (Phi) is 5.03. The summed E-state index contributed by atoms with van der Waals surface area (Å²) < 4.78 is 4.70. The predicted molar refractivity (Wildman–Crippen MR) is 87.7 cm³/mol. The molecule has 0 unspecified atom stereocenters. The summed E-state index contributed by atoms with van der Waals surface area (Å²) in [5.74, 6) is -1.49. The van der Waals surface area contributed by atoms with Crippen LogP contribution in [0.1, 0.15) is 48.0 Å². The largest absolute Gasteiger partial charge is 0.465 e. The van der Waals surface area contributed by atoms with E-state index in [1.807, 2.05) is 6.07 Å². The lowest BCUT2D eigenvalue weighted by Crippen LogP contribution is -2.42. The number of aromatic amines is 1. The van der Waals surface area contributed by atoms with E-state index in [-0.39, 0.29) is 5.69 Å². The number of carbonyl (C=O) groups excluding carboxylic acids is 3. The van der Waals surface area contributed by atoms with Gasteiger partial charge in [0.05, 0.1) is 12.7 Å². The molecule has 0 spiro atoms. The van der Waals surface area contributed by atoms with Crippen LogP contribution in [-0.2, 0) is 4.74 Å². The van der Waals surface area contributed by atoms with Crippen LogP contribution in [0, 0.1) is 20.8 Å². The van der Waals surface area contributed by atoms with E-state index in [2.05, 4.69) is 15.8 Å². The van der Waals surface area contributed by atoms with Crippen LogP contribution in [0.3, 0.4) is 0 Å². The molecule has 0 aliphatic carbocycles. The average Bonchev–Trinajstić information content (AvgIpc) is 2.86. The van der Waals surface area contributed by atoms with Crippen molar-refractivity contribution in [2.75, 3.05) is 7.11 Å². The highest BCUT2D eigenvalue weighted by Crippen LogP contribution is 2.18. The maximum Gasteiger partial charge on any atom is 0.339 e. The van der Waals surface area contributed by atoms with Crippen LogP contribution >= 0.6 is 0 Å². The number of rotatable bonds is 3. The van der Waals surface area contributed by atoms with Gasteiger partial charge in [0.25, 0.3) is 11.8 Å². The number of hydrogen-bond acceptors (Lipinski definition) is 4. The van der Waals surface area contributed by atoms with Gasteiger partial charge in [-0.15, -0.1) is 0 Å². The number of methoxy groups -OCH3 is 1. The van der Waals surface area contributed by atoms with E-state index in [1.54, 1.807) is 39.0 Å². The Hall–Kier alpha value is -3.09. The minimum atomic E-state index is -0.548. The lowest BCUT2D eigenvalue weighted by atomic mass is 10.1. The SMILES string of the molecule is COC(=O)c1c(C)[nH]c(C(=O)NNC(=O)c2ccccc2C)c1C. The number of amides is 2. The van der Waals surface area contributed by atoms with Gasteiger partial charge in [-0.2, -0.15) is 0 Å². The summed E-state index contributed by atoms with van der Waals surface area (Å²) in [6.45, 7) is 5.10. The molecule has 1 heterocycles.